The number of carbonyl (C=O) groups is 1. The minimum absolute atomic E-state index is 0.198. The molecule has 8 heteroatoms. The number of carboxylic acid groups (broad SMARTS) is 1. The number of nitrogens with zero attached hydrogens (tertiary/aromatic N) is 1. The first-order valence-corrected chi connectivity index (χ1v) is 5.77. The normalized spacial score (nSPS) is 10.4. The number of carboxylic acids is 1. The smallest absolute Gasteiger partial charge is 0.372 e. The quantitative estimate of drug-likeness (QED) is 0.672. The van der Waals surface area contributed by atoms with Gasteiger partial charge in [-0.3, -0.25) is 10.1 Å². The number of benzene rings is 1. The fourth-order valence-corrected chi connectivity index (χ4v) is 1.74. The van der Waals surface area contributed by atoms with Crippen LogP contribution in [0.3, 0.4) is 0 Å². The summed E-state index contributed by atoms with van der Waals surface area (Å²) in [5.74, 6) is -2.66. The first-order chi connectivity index (χ1) is 9.90. The highest BCUT2D eigenvalue weighted by atomic mass is 19.1. The molecule has 0 fully saturated rings. The van der Waals surface area contributed by atoms with Gasteiger partial charge in [0.25, 0.3) is 5.69 Å². The molecule has 110 valence electrons. The second-order valence-electron chi connectivity index (χ2n) is 4.20. The van der Waals surface area contributed by atoms with Gasteiger partial charge in [0.2, 0.25) is 5.76 Å². The molecule has 0 amide bonds. The van der Waals surface area contributed by atoms with Gasteiger partial charge in [0.1, 0.15) is 6.61 Å². The number of furan rings is 1. The van der Waals surface area contributed by atoms with E-state index in [2.05, 4.69) is 0 Å². The van der Waals surface area contributed by atoms with Crippen molar-refractivity contribution in [2.45, 2.75) is 13.5 Å². The van der Waals surface area contributed by atoms with E-state index in [0.29, 0.717) is 0 Å². The van der Waals surface area contributed by atoms with Crippen molar-refractivity contribution in [3.05, 3.63) is 57.3 Å². The molecule has 0 aliphatic rings. The summed E-state index contributed by atoms with van der Waals surface area (Å²) in [6.07, 6.45) is 1.18. The third-order valence-electron chi connectivity index (χ3n) is 2.77. The van der Waals surface area contributed by atoms with Crippen molar-refractivity contribution < 1.29 is 28.4 Å². The van der Waals surface area contributed by atoms with E-state index in [1.807, 2.05) is 0 Å². The Morgan fingerprint density at radius 2 is 2.24 bits per heavy atom. The molecule has 0 aliphatic carbocycles. The Morgan fingerprint density at radius 3 is 2.86 bits per heavy atom. The Hall–Kier alpha value is -2.90. The molecule has 0 unspecified atom stereocenters. The van der Waals surface area contributed by atoms with Crippen LogP contribution in [0.1, 0.15) is 21.7 Å². The third-order valence-corrected chi connectivity index (χ3v) is 2.77. The average Bonchev–Trinajstić information content (AvgIpc) is 2.87. The number of hydrogen-bond acceptors (Lipinski definition) is 5. The van der Waals surface area contributed by atoms with E-state index in [9.17, 15) is 19.3 Å². The van der Waals surface area contributed by atoms with E-state index >= 15 is 0 Å². The third kappa shape index (κ3) is 2.99. The summed E-state index contributed by atoms with van der Waals surface area (Å²) in [6, 6.07) is 3.34. The van der Waals surface area contributed by atoms with Crippen molar-refractivity contribution in [1.82, 2.24) is 0 Å². The molecule has 0 spiro atoms. The molecule has 1 aromatic carbocycles. The van der Waals surface area contributed by atoms with Gasteiger partial charge in [-0.1, -0.05) is 0 Å². The van der Waals surface area contributed by atoms with Gasteiger partial charge in [-0.2, -0.15) is 0 Å². The number of rotatable bonds is 5. The maximum Gasteiger partial charge on any atom is 0.372 e. The fourth-order valence-electron chi connectivity index (χ4n) is 1.74. The SMILES string of the molecule is Cc1cc(OCc2ccoc2C(=O)O)c(F)cc1[N+](=O)[O-]. The summed E-state index contributed by atoms with van der Waals surface area (Å²) in [5, 5.41) is 19.5. The highest BCUT2D eigenvalue weighted by molar-refractivity contribution is 5.86. The molecule has 0 radical (unpaired) electrons. The molecule has 0 saturated carbocycles. The van der Waals surface area contributed by atoms with Crippen LogP contribution >= 0.6 is 0 Å². The summed E-state index contributed by atoms with van der Waals surface area (Å²) in [6.45, 7) is 1.22. The second-order valence-corrected chi connectivity index (χ2v) is 4.20. The van der Waals surface area contributed by atoms with Crippen LogP contribution in [0.4, 0.5) is 10.1 Å². The summed E-state index contributed by atoms with van der Waals surface area (Å²) >= 11 is 0. The zero-order valence-electron chi connectivity index (χ0n) is 10.8. The van der Waals surface area contributed by atoms with Gasteiger partial charge in [0.15, 0.2) is 11.6 Å². The lowest BCUT2D eigenvalue weighted by Gasteiger charge is -2.08. The summed E-state index contributed by atoms with van der Waals surface area (Å²) in [5.41, 5.74) is 0.120. The standard InChI is InChI=1S/C13H10FNO6/c1-7-4-11(9(14)5-10(7)15(18)19)21-6-8-2-3-20-12(8)13(16)17/h2-5H,6H2,1H3,(H,16,17). The Morgan fingerprint density at radius 1 is 1.52 bits per heavy atom. The molecule has 2 rings (SSSR count). The average molecular weight is 295 g/mol. The summed E-state index contributed by atoms with van der Waals surface area (Å²) in [4.78, 5) is 20.8. The topological polar surface area (TPSA) is 103 Å². The zero-order chi connectivity index (χ0) is 15.6. The lowest BCUT2D eigenvalue weighted by atomic mass is 10.2. The maximum atomic E-state index is 13.7. The molecule has 0 saturated heterocycles. The molecule has 0 aliphatic heterocycles. The van der Waals surface area contributed by atoms with Crippen LogP contribution in [-0.2, 0) is 6.61 Å². The van der Waals surface area contributed by atoms with Crippen molar-refractivity contribution in [3.63, 3.8) is 0 Å². The second kappa shape index (κ2) is 5.61. The highest BCUT2D eigenvalue weighted by Crippen LogP contribution is 2.27. The Kier molecular flexibility index (Phi) is 3.88. The number of aromatic carboxylic acids is 1. The molecule has 1 heterocycles. The zero-order valence-corrected chi connectivity index (χ0v) is 10.8. The van der Waals surface area contributed by atoms with Crippen LogP contribution in [-0.4, -0.2) is 16.0 Å². The molecule has 21 heavy (non-hydrogen) atoms. The largest absolute Gasteiger partial charge is 0.486 e. The van der Waals surface area contributed by atoms with E-state index in [-0.39, 0.29) is 34.9 Å². The van der Waals surface area contributed by atoms with E-state index < -0.39 is 16.7 Å². The minimum Gasteiger partial charge on any atom is -0.486 e. The van der Waals surface area contributed by atoms with E-state index in [1.54, 1.807) is 0 Å². The van der Waals surface area contributed by atoms with Gasteiger partial charge in [-0.25, -0.2) is 9.18 Å². The molecule has 0 atom stereocenters. The monoisotopic (exact) mass is 295 g/mol. The maximum absolute atomic E-state index is 13.7. The van der Waals surface area contributed by atoms with Gasteiger partial charge < -0.3 is 14.3 Å². The predicted octanol–water partition coefficient (Wildman–Crippen LogP) is 2.91. The molecule has 2 aromatic rings. The molecule has 0 bridgehead atoms. The number of nitro groups is 1. The van der Waals surface area contributed by atoms with Crippen LogP contribution in [0.5, 0.6) is 5.75 Å². The number of nitro benzene ring substituents is 1. The van der Waals surface area contributed by atoms with Crippen LogP contribution < -0.4 is 4.74 Å². The molecule has 1 aromatic heterocycles. The number of hydrogen-bond donors (Lipinski definition) is 1. The van der Waals surface area contributed by atoms with Crippen molar-refractivity contribution in [2.24, 2.45) is 0 Å². The first-order valence-electron chi connectivity index (χ1n) is 5.77. The lowest BCUT2D eigenvalue weighted by molar-refractivity contribution is -0.385. The number of aryl methyl sites for hydroxylation is 1. The van der Waals surface area contributed by atoms with Gasteiger partial charge in [0, 0.05) is 11.1 Å². The van der Waals surface area contributed by atoms with Gasteiger partial charge in [-0.05, 0) is 19.1 Å². The Balaban J connectivity index is 2.21. The molecular formula is C13H10FNO6. The van der Waals surface area contributed by atoms with Crippen LogP contribution in [0.25, 0.3) is 0 Å². The predicted molar refractivity (Wildman–Crippen MR) is 67.8 cm³/mol. The van der Waals surface area contributed by atoms with Crippen LogP contribution in [0.15, 0.2) is 28.9 Å². The van der Waals surface area contributed by atoms with Gasteiger partial charge >= 0.3 is 5.97 Å². The first kappa shape index (κ1) is 14.5. The summed E-state index contributed by atoms with van der Waals surface area (Å²) < 4.78 is 23.6. The Bertz CT molecular complexity index is 709. The molecule has 7 nitrogen and oxygen atoms in total. The lowest BCUT2D eigenvalue weighted by Crippen LogP contribution is -2.04. The molecule has 1 N–H and O–H groups in total. The number of ether oxygens (including phenoxy) is 1. The Labute approximate surface area is 117 Å². The van der Waals surface area contributed by atoms with Gasteiger partial charge in [0.05, 0.1) is 17.3 Å². The molecular weight excluding hydrogens is 285 g/mol. The van der Waals surface area contributed by atoms with Crippen molar-refractivity contribution in [1.29, 1.82) is 0 Å². The summed E-state index contributed by atoms with van der Waals surface area (Å²) in [7, 11) is 0. The van der Waals surface area contributed by atoms with E-state index in [1.165, 1.54) is 25.3 Å². The van der Waals surface area contributed by atoms with Crippen molar-refractivity contribution in [3.8, 4) is 5.75 Å². The highest BCUT2D eigenvalue weighted by Gasteiger charge is 2.18. The fraction of sp³-hybridized carbons (Fsp3) is 0.154. The van der Waals surface area contributed by atoms with E-state index in [0.717, 1.165) is 6.07 Å². The van der Waals surface area contributed by atoms with Crippen LogP contribution in [0, 0.1) is 22.9 Å². The van der Waals surface area contributed by atoms with Crippen LogP contribution in [0.2, 0.25) is 0 Å². The van der Waals surface area contributed by atoms with E-state index in [4.69, 9.17) is 14.3 Å². The van der Waals surface area contributed by atoms with Gasteiger partial charge in [-0.15, -0.1) is 0 Å². The van der Waals surface area contributed by atoms with Crippen molar-refractivity contribution in [2.75, 3.05) is 0 Å². The minimum atomic E-state index is -1.26. The van der Waals surface area contributed by atoms with Crippen molar-refractivity contribution >= 4 is 11.7 Å². The number of halogens is 1.